The molecule has 150 valence electrons. The van der Waals surface area contributed by atoms with Crippen molar-refractivity contribution in [1.82, 2.24) is 40.4 Å². The van der Waals surface area contributed by atoms with E-state index in [1.807, 2.05) is 31.2 Å². The molecule has 5 N–H and O–H groups in total. The van der Waals surface area contributed by atoms with E-state index in [1.54, 1.807) is 35.6 Å². The number of nitrogen functional groups attached to an aromatic ring is 2. The minimum Gasteiger partial charge on any atom is -0.399 e. The second-order valence-electron chi connectivity index (χ2n) is 6.51. The van der Waals surface area contributed by atoms with Gasteiger partial charge < -0.3 is 16.6 Å². The van der Waals surface area contributed by atoms with Gasteiger partial charge in [-0.25, -0.2) is 9.36 Å². The van der Waals surface area contributed by atoms with Crippen LogP contribution in [0, 0.1) is 6.92 Å². The Bertz CT molecular complexity index is 1100. The van der Waals surface area contributed by atoms with Crippen LogP contribution in [-0.2, 0) is 20.7 Å². The topological polar surface area (TPSA) is 159 Å². The number of aryl methyl sites for hydroxylation is 3. The second-order valence-corrected chi connectivity index (χ2v) is 6.51. The Morgan fingerprint density at radius 1 is 0.793 bits per heavy atom. The first kappa shape index (κ1) is 19.9. The number of hydrogen-bond donors (Lipinski definition) is 3. The van der Waals surface area contributed by atoms with Crippen LogP contribution in [0.15, 0.2) is 36.4 Å². The number of benzene rings is 2. The van der Waals surface area contributed by atoms with Gasteiger partial charge in [0.25, 0.3) is 0 Å². The van der Waals surface area contributed by atoms with Crippen LogP contribution in [0.1, 0.15) is 11.1 Å². The Balaban J connectivity index is 0.000000166. The molecule has 0 amide bonds. The van der Waals surface area contributed by atoms with E-state index in [2.05, 4.69) is 31.1 Å². The lowest BCUT2D eigenvalue weighted by atomic mass is 10.1. The first-order valence-corrected chi connectivity index (χ1v) is 8.70. The molecule has 0 saturated carbocycles. The van der Waals surface area contributed by atoms with Crippen LogP contribution in [-0.4, -0.2) is 45.5 Å². The maximum absolute atomic E-state index is 9.04. The molecule has 0 aliphatic carbocycles. The van der Waals surface area contributed by atoms with Crippen molar-refractivity contribution in [3.8, 4) is 22.8 Å². The Kier molecular flexibility index (Phi) is 5.79. The van der Waals surface area contributed by atoms with Gasteiger partial charge in [0.15, 0.2) is 11.6 Å². The van der Waals surface area contributed by atoms with Crippen LogP contribution in [0.2, 0.25) is 0 Å². The molecular formula is C18H22N10O. The van der Waals surface area contributed by atoms with Crippen molar-refractivity contribution in [2.75, 3.05) is 11.5 Å². The van der Waals surface area contributed by atoms with Crippen molar-refractivity contribution in [3.05, 3.63) is 47.5 Å². The lowest BCUT2D eigenvalue weighted by Crippen LogP contribution is -1.97. The summed E-state index contributed by atoms with van der Waals surface area (Å²) in [6.07, 6.45) is 0. The largest absolute Gasteiger partial charge is 0.399 e. The van der Waals surface area contributed by atoms with Gasteiger partial charge in [0.05, 0.1) is 6.61 Å². The summed E-state index contributed by atoms with van der Waals surface area (Å²) in [7, 11) is 3.55. The molecule has 4 aromatic rings. The van der Waals surface area contributed by atoms with Crippen molar-refractivity contribution in [2.45, 2.75) is 13.5 Å². The van der Waals surface area contributed by atoms with Gasteiger partial charge in [0.2, 0.25) is 0 Å². The normalized spacial score (nSPS) is 10.5. The first-order chi connectivity index (χ1) is 13.9. The summed E-state index contributed by atoms with van der Waals surface area (Å²) in [5, 5.41) is 31.4. The Hall–Kier alpha value is -3.86. The fourth-order valence-electron chi connectivity index (χ4n) is 2.83. The standard InChI is InChI=1S/C9H11N5O.C9H11N5/c1-14-9(11-12-13-14)7-2-6(5-15)3-8(10)4-7;1-6-3-7(5-8(10)4-6)9-11-12-13-14(9)2/h2-4,15H,5,10H2,1H3;3-5H,10H2,1-2H3. The van der Waals surface area contributed by atoms with E-state index in [0.717, 1.165) is 33.8 Å². The number of anilines is 2. The highest BCUT2D eigenvalue weighted by Crippen LogP contribution is 2.21. The van der Waals surface area contributed by atoms with Crippen molar-refractivity contribution in [1.29, 1.82) is 0 Å². The number of nitrogens with two attached hydrogens (primary N) is 2. The zero-order valence-electron chi connectivity index (χ0n) is 16.4. The lowest BCUT2D eigenvalue weighted by molar-refractivity contribution is 0.282. The molecule has 2 aromatic carbocycles. The number of hydrogen-bond acceptors (Lipinski definition) is 9. The third-order valence-electron chi connectivity index (χ3n) is 4.05. The van der Waals surface area contributed by atoms with Crippen LogP contribution >= 0.6 is 0 Å². The highest BCUT2D eigenvalue weighted by atomic mass is 16.3. The summed E-state index contributed by atoms with van der Waals surface area (Å²) in [6, 6.07) is 11.1. The molecule has 0 radical (unpaired) electrons. The van der Waals surface area contributed by atoms with Crippen LogP contribution in [0.4, 0.5) is 11.4 Å². The van der Waals surface area contributed by atoms with Gasteiger partial charge in [-0.1, -0.05) is 0 Å². The summed E-state index contributed by atoms with van der Waals surface area (Å²) in [4.78, 5) is 0. The minimum atomic E-state index is -0.0523. The van der Waals surface area contributed by atoms with Crippen molar-refractivity contribution in [3.63, 3.8) is 0 Å². The first-order valence-electron chi connectivity index (χ1n) is 8.70. The van der Waals surface area contributed by atoms with Crippen LogP contribution < -0.4 is 11.5 Å². The van der Waals surface area contributed by atoms with Gasteiger partial charge in [0, 0.05) is 36.6 Å². The Morgan fingerprint density at radius 2 is 1.31 bits per heavy atom. The molecule has 2 heterocycles. The molecule has 2 aromatic heterocycles. The molecule has 29 heavy (non-hydrogen) atoms. The highest BCUT2D eigenvalue weighted by molar-refractivity contribution is 5.63. The molecule has 0 aliphatic rings. The molecule has 0 aliphatic heterocycles. The number of aliphatic hydroxyl groups excluding tert-OH is 1. The third-order valence-corrected chi connectivity index (χ3v) is 4.05. The lowest BCUT2D eigenvalue weighted by Gasteiger charge is -2.03. The van der Waals surface area contributed by atoms with Gasteiger partial charge in [0.1, 0.15) is 0 Å². The zero-order valence-corrected chi connectivity index (χ0v) is 16.4. The minimum absolute atomic E-state index is 0.0523. The molecule has 0 fully saturated rings. The van der Waals surface area contributed by atoms with E-state index >= 15 is 0 Å². The average Bonchev–Trinajstić information content (AvgIpc) is 3.29. The Morgan fingerprint density at radius 3 is 1.76 bits per heavy atom. The van der Waals surface area contributed by atoms with Gasteiger partial charge in [-0.2, -0.15) is 0 Å². The average molecular weight is 394 g/mol. The highest BCUT2D eigenvalue weighted by Gasteiger charge is 2.08. The molecule has 4 rings (SSSR count). The summed E-state index contributed by atoms with van der Waals surface area (Å²) in [6.45, 7) is 1.94. The SMILES string of the molecule is Cc1cc(N)cc(-c2nnnn2C)c1.Cn1nnnc1-c1cc(N)cc(CO)c1. The van der Waals surface area contributed by atoms with Gasteiger partial charge in [-0.15, -0.1) is 10.2 Å². The molecule has 0 spiro atoms. The molecule has 0 bridgehead atoms. The number of tetrazole rings is 2. The molecule has 0 unspecified atom stereocenters. The van der Waals surface area contributed by atoms with Crippen LogP contribution in [0.5, 0.6) is 0 Å². The van der Waals surface area contributed by atoms with E-state index in [0.29, 0.717) is 11.5 Å². The predicted octanol–water partition coefficient (Wildman–Crippen LogP) is 0.719. The van der Waals surface area contributed by atoms with Crippen molar-refractivity contribution < 1.29 is 5.11 Å². The number of nitrogens with zero attached hydrogens (tertiary/aromatic N) is 8. The van der Waals surface area contributed by atoms with E-state index in [-0.39, 0.29) is 6.61 Å². The van der Waals surface area contributed by atoms with Crippen molar-refractivity contribution >= 4 is 11.4 Å². The molecular weight excluding hydrogens is 372 g/mol. The van der Waals surface area contributed by atoms with Crippen LogP contribution in [0.25, 0.3) is 22.8 Å². The number of aromatic nitrogens is 8. The van der Waals surface area contributed by atoms with Gasteiger partial charge in [-0.05, 0) is 75.3 Å². The molecule has 11 heteroatoms. The quantitative estimate of drug-likeness (QED) is 0.425. The summed E-state index contributed by atoms with van der Waals surface area (Å²) < 4.78 is 3.17. The van der Waals surface area contributed by atoms with E-state index in [1.165, 1.54) is 0 Å². The predicted molar refractivity (Wildman–Crippen MR) is 108 cm³/mol. The fourth-order valence-corrected chi connectivity index (χ4v) is 2.83. The van der Waals surface area contributed by atoms with Gasteiger partial charge in [-0.3, -0.25) is 0 Å². The van der Waals surface area contributed by atoms with E-state index in [9.17, 15) is 0 Å². The maximum atomic E-state index is 9.04. The summed E-state index contributed by atoms with van der Waals surface area (Å²) in [5.74, 6) is 1.34. The number of aliphatic hydroxyl groups is 1. The van der Waals surface area contributed by atoms with E-state index in [4.69, 9.17) is 16.6 Å². The molecule has 11 nitrogen and oxygen atoms in total. The second kappa shape index (κ2) is 8.44. The van der Waals surface area contributed by atoms with Crippen LogP contribution in [0.3, 0.4) is 0 Å². The summed E-state index contributed by atoms with van der Waals surface area (Å²) >= 11 is 0. The number of rotatable bonds is 3. The zero-order chi connectivity index (χ0) is 21.0. The van der Waals surface area contributed by atoms with E-state index < -0.39 is 0 Å². The molecule has 0 saturated heterocycles. The summed E-state index contributed by atoms with van der Waals surface area (Å²) in [5.41, 5.74) is 16.3. The fraction of sp³-hybridized carbons (Fsp3) is 0.222. The molecule has 0 atom stereocenters. The van der Waals surface area contributed by atoms with Gasteiger partial charge >= 0.3 is 0 Å². The van der Waals surface area contributed by atoms with Crippen molar-refractivity contribution in [2.24, 2.45) is 14.1 Å². The smallest absolute Gasteiger partial charge is 0.181 e. The monoisotopic (exact) mass is 394 g/mol. The third kappa shape index (κ3) is 4.71. The maximum Gasteiger partial charge on any atom is 0.181 e. The Labute approximate surface area is 167 Å².